The van der Waals surface area contributed by atoms with Crippen molar-refractivity contribution in [3.63, 3.8) is 0 Å². The van der Waals surface area contributed by atoms with Crippen molar-refractivity contribution < 1.29 is 13.9 Å². The molecule has 8 heteroatoms. The van der Waals surface area contributed by atoms with E-state index in [4.69, 9.17) is 4.74 Å². The number of ether oxygens (including phenoxy) is 1. The average molecular weight is 416 g/mol. The summed E-state index contributed by atoms with van der Waals surface area (Å²) in [6.45, 7) is 10.6. The zero-order chi connectivity index (χ0) is 22.0. The van der Waals surface area contributed by atoms with E-state index in [1.54, 1.807) is 13.2 Å². The lowest BCUT2D eigenvalue weighted by atomic mass is 10.0. The Bertz CT molecular complexity index is 1040. The van der Waals surface area contributed by atoms with Crippen molar-refractivity contribution in [3.05, 3.63) is 30.5 Å². The number of nitrogens with zero attached hydrogens (tertiary/aromatic N) is 4. The third-order valence-corrected chi connectivity index (χ3v) is 5.28. The van der Waals surface area contributed by atoms with Crippen molar-refractivity contribution in [2.24, 2.45) is 13.0 Å². The van der Waals surface area contributed by atoms with Gasteiger partial charge in [0, 0.05) is 43.7 Å². The van der Waals surface area contributed by atoms with E-state index in [1.165, 1.54) is 4.68 Å². The van der Waals surface area contributed by atoms with Gasteiger partial charge < -0.3 is 10.1 Å². The second kappa shape index (κ2) is 8.85. The molecule has 1 fully saturated rings. The van der Waals surface area contributed by atoms with Crippen LogP contribution >= 0.6 is 0 Å². The molecule has 4 rings (SSSR count). The molecule has 3 aromatic rings. The molecule has 1 aromatic carbocycles. The van der Waals surface area contributed by atoms with E-state index in [-0.39, 0.29) is 24.0 Å². The van der Waals surface area contributed by atoms with Gasteiger partial charge in [0.15, 0.2) is 0 Å². The molecule has 0 aliphatic carbocycles. The summed E-state index contributed by atoms with van der Waals surface area (Å²) in [5.74, 6) is 0.0622. The van der Waals surface area contributed by atoms with Crippen molar-refractivity contribution in [2.45, 2.75) is 53.2 Å². The molecule has 1 amide bonds. The molecular weight excluding hydrogens is 385 g/mol. The minimum Gasteiger partial charge on any atom is -0.489 e. The highest BCUT2D eigenvalue weighted by atomic mass is 19.1. The maximum atomic E-state index is 14.7. The van der Waals surface area contributed by atoms with Gasteiger partial charge in [-0.1, -0.05) is 13.8 Å². The van der Waals surface area contributed by atoms with Crippen LogP contribution in [0.25, 0.3) is 22.0 Å². The summed E-state index contributed by atoms with van der Waals surface area (Å²) < 4.78 is 23.9. The molecular formula is C22H30FN5O2. The van der Waals surface area contributed by atoms with Crippen LogP contribution in [0.5, 0.6) is 5.75 Å². The lowest BCUT2D eigenvalue weighted by Crippen LogP contribution is -2.25. The maximum absolute atomic E-state index is 14.7. The van der Waals surface area contributed by atoms with Gasteiger partial charge in [-0.3, -0.25) is 9.48 Å². The van der Waals surface area contributed by atoms with Gasteiger partial charge in [-0.25, -0.2) is 4.68 Å². The SMILES string of the molecule is CC.CC(C)n1cc(-c2cc(O[C@H](C)[C@H]3CNC(=O)C3)c3c(F)n(C)nc3c2)cn1. The average Bonchev–Trinajstić information content (AvgIpc) is 3.43. The van der Waals surface area contributed by atoms with E-state index in [0.717, 1.165) is 11.1 Å². The quantitative estimate of drug-likeness (QED) is 0.681. The topological polar surface area (TPSA) is 74.0 Å². The lowest BCUT2D eigenvalue weighted by molar-refractivity contribution is -0.119. The second-order valence-corrected chi connectivity index (χ2v) is 7.68. The third kappa shape index (κ3) is 4.17. The van der Waals surface area contributed by atoms with Crippen LogP contribution in [-0.2, 0) is 11.8 Å². The Morgan fingerprint density at radius 2 is 1.97 bits per heavy atom. The highest BCUT2D eigenvalue weighted by molar-refractivity contribution is 5.90. The van der Waals surface area contributed by atoms with Gasteiger partial charge in [0.25, 0.3) is 0 Å². The Hall–Kier alpha value is -2.90. The molecule has 1 saturated heterocycles. The molecule has 162 valence electrons. The van der Waals surface area contributed by atoms with Crippen LogP contribution in [0, 0.1) is 11.9 Å². The maximum Gasteiger partial charge on any atom is 0.222 e. The smallest absolute Gasteiger partial charge is 0.222 e. The summed E-state index contributed by atoms with van der Waals surface area (Å²) in [5.41, 5.74) is 2.30. The number of hydrogen-bond donors (Lipinski definition) is 1. The second-order valence-electron chi connectivity index (χ2n) is 7.68. The molecule has 0 unspecified atom stereocenters. The minimum absolute atomic E-state index is 0.0213. The van der Waals surface area contributed by atoms with Crippen LogP contribution in [0.1, 0.15) is 47.1 Å². The van der Waals surface area contributed by atoms with Gasteiger partial charge in [0.2, 0.25) is 11.9 Å². The van der Waals surface area contributed by atoms with Crippen molar-refractivity contribution in [1.82, 2.24) is 24.9 Å². The van der Waals surface area contributed by atoms with E-state index in [2.05, 4.69) is 29.4 Å². The normalized spacial score (nSPS) is 17.1. The number of rotatable bonds is 5. The van der Waals surface area contributed by atoms with Gasteiger partial charge in [0.05, 0.1) is 17.1 Å². The molecule has 30 heavy (non-hydrogen) atoms. The van der Waals surface area contributed by atoms with E-state index in [9.17, 15) is 9.18 Å². The first-order chi connectivity index (χ1) is 14.3. The van der Waals surface area contributed by atoms with Crippen molar-refractivity contribution in [3.8, 4) is 16.9 Å². The molecule has 2 aromatic heterocycles. The number of aryl methyl sites for hydroxylation is 1. The standard InChI is InChI=1S/C20H24FN5O2.C2H6/c1-11(2)26-10-15(9-23-26)13-5-16-19(20(21)25(4)24-16)17(6-13)28-12(3)14-7-18(27)22-8-14;1-2/h5-6,9-12,14H,7-8H2,1-4H3,(H,22,27);1-2H3/t12-,14-;/m1./s1. The zero-order valence-electron chi connectivity index (χ0n) is 18.4. The Morgan fingerprint density at radius 1 is 1.23 bits per heavy atom. The van der Waals surface area contributed by atoms with Crippen molar-refractivity contribution in [1.29, 1.82) is 0 Å². The van der Waals surface area contributed by atoms with E-state index in [0.29, 0.717) is 29.6 Å². The molecule has 0 spiro atoms. The van der Waals surface area contributed by atoms with Crippen molar-refractivity contribution >= 4 is 16.8 Å². The Balaban J connectivity index is 0.00000124. The predicted molar refractivity (Wildman–Crippen MR) is 115 cm³/mol. The summed E-state index contributed by atoms with van der Waals surface area (Å²) in [7, 11) is 1.57. The van der Waals surface area contributed by atoms with E-state index >= 15 is 0 Å². The number of hydrogen-bond acceptors (Lipinski definition) is 4. The molecule has 0 radical (unpaired) electrons. The number of fused-ring (bicyclic) bond motifs is 1. The monoisotopic (exact) mass is 415 g/mol. The first-order valence-electron chi connectivity index (χ1n) is 10.5. The van der Waals surface area contributed by atoms with Crippen LogP contribution in [0.3, 0.4) is 0 Å². The van der Waals surface area contributed by atoms with Crippen LogP contribution in [0.15, 0.2) is 24.5 Å². The molecule has 1 aliphatic heterocycles. The van der Waals surface area contributed by atoms with Crippen LogP contribution < -0.4 is 10.1 Å². The first kappa shape index (κ1) is 21.8. The molecule has 0 bridgehead atoms. The van der Waals surface area contributed by atoms with Gasteiger partial charge in [-0.2, -0.15) is 14.6 Å². The van der Waals surface area contributed by atoms with Gasteiger partial charge in [-0.15, -0.1) is 0 Å². The summed E-state index contributed by atoms with van der Waals surface area (Å²) in [5, 5.41) is 11.8. The zero-order valence-corrected chi connectivity index (χ0v) is 18.4. The van der Waals surface area contributed by atoms with Gasteiger partial charge >= 0.3 is 0 Å². The van der Waals surface area contributed by atoms with Crippen LogP contribution in [0.4, 0.5) is 4.39 Å². The summed E-state index contributed by atoms with van der Waals surface area (Å²) in [6.07, 6.45) is 3.92. The fraction of sp³-hybridized carbons (Fsp3) is 0.500. The van der Waals surface area contributed by atoms with Crippen LogP contribution in [-0.4, -0.2) is 38.1 Å². The molecule has 1 N–H and O–H groups in total. The van der Waals surface area contributed by atoms with E-state index in [1.807, 2.05) is 43.8 Å². The van der Waals surface area contributed by atoms with E-state index < -0.39 is 5.95 Å². The lowest BCUT2D eigenvalue weighted by Gasteiger charge is -2.20. The highest BCUT2D eigenvalue weighted by Gasteiger charge is 2.29. The fourth-order valence-corrected chi connectivity index (χ4v) is 3.54. The van der Waals surface area contributed by atoms with Gasteiger partial charge in [-0.05, 0) is 38.5 Å². The Morgan fingerprint density at radius 3 is 2.57 bits per heavy atom. The number of carbonyl (C=O) groups is 1. The summed E-state index contributed by atoms with van der Waals surface area (Å²) >= 11 is 0. The van der Waals surface area contributed by atoms with Crippen molar-refractivity contribution in [2.75, 3.05) is 6.54 Å². The summed E-state index contributed by atoms with van der Waals surface area (Å²) in [4.78, 5) is 11.5. The molecule has 0 saturated carbocycles. The van der Waals surface area contributed by atoms with Crippen LogP contribution in [0.2, 0.25) is 0 Å². The Kier molecular flexibility index (Phi) is 6.43. The molecule has 3 heterocycles. The number of nitrogens with one attached hydrogen (secondary N) is 1. The molecule has 2 atom stereocenters. The Labute approximate surface area is 176 Å². The molecule has 1 aliphatic rings. The number of benzene rings is 1. The minimum atomic E-state index is -0.442. The largest absolute Gasteiger partial charge is 0.489 e. The number of amides is 1. The number of halogens is 1. The third-order valence-electron chi connectivity index (χ3n) is 5.28. The fourth-order valence-electron chi connectivity index (χ4n) is 3.54. The number of aromatic nitrogens is 4. The predicted octanol–water partition coefficient (Wildman–Crippen LogP) is 4.09. The first-order valence-corrected chi connectivity index (χ1v) is 10.5. The molecule has 7 nitrogen and oxygen atoms in total. The highest BCUT2D eigenvalue weighted by Crippen LogP contribution is 2.35. The van der Waals surface area contributed by atoms with Gasteiger partial charge in [0.1, 0.15) is 11.9 Å². The summed E-state index contributed by atoms with van der Waals surface area (Å²) in [6, 6.07) is 3.92. The number of carbonyl (C=O) groups excluding carboxylic acids is 1.